The fourth-order valence-corrected chi connectivity index (χ4v) is 4.06. The first kappa shape index (κ1) is 19.5. The van der Waals surface area contributed by atoms with Crippen molar-refractivity contribution >= 4 is 10.9 Å². The van der Waals surface area contributed by atoms with Gasteiger partial charge in [-0.3, -0.25) is 0 Å². The van der Waals surface area contributed by atoms with Gasteiger partial charge in [0.05, 0.1) is 0 Å². The molecule has 0 saturated heterocycles. The summed E-state index contributed by atoms with van der Waals surface area (Å²) in [6.45, 7) is 1.53. The predicted octanol–water partition coefficient (Wildman–Crippen LogP) is 5.42. The summed E-state index contributed by atoms with van der Waals surface area (Å²) >= 11 is 0. The summed E-state index contributed by atoms with van der Waals surface area (Å²) in [5, 5.41) is 1.19. The predicted molar refractivity (Wildman–Crippen MR) is 123 cm³/mol. The van der Waals surface area contributed by atoms with Crippen molar-refractivity contribution in [2.24, 2.45) is 5.73 Å². The number of aromatic nitrogens is 1. The number of H-pyrrole nitrogens is 1. The van der Waals surface area contributed by atoms with Gasteiger partial charge in [0.25, 0.3) is 0 Å². The first-order valence-corrected chi connectivity index (χ1v) is 10.7. The molecule has 0 amide bonds. The van der Waals surface area contributed by atoms with Crippen LogP contribution in [0.25, 0.3) is 22.2 Å². The maximum Gasteiger partial charge on any atom is 0.231 e. The molecule has 3 aromatic carbocycles. The Labute approximate surface area is 181 Å². The zero-order chi connectivity index (χ0) is 21.0. The van der Waals surface area contributed by atoms with Crippen molar-refractivity contribution in [2.75, 3.05) is 13.3 Å². The highest BCUT2D eigenvalue weighted by atomic mass is 16.7. The van der Waals surface area contributed by atoms with Gasteiger partial charge in [-0.1, -0.05) is 30.3 Å². The summed E-state index contributed by atoms with van der Waals surface area (Å²) in [4.78, 5) is 3.62. The van der Waals surface area contributed by atoms with Gasteiger partial charge in [-0.25, -0.2) is 0 Å². The maximum absolute atomic E-state index is 6.09. The van der Waals surface area contributed by atoms with Crippen LogP contribution in [0.15, 0.2) is 66.7 Å². The zero-order valence-electron chi connectivity index (χ0n) is 17.4. The molecule has 5 nitrogen and oxygen atoms in total. The van der Waals surface area contributed by atoms with Crippen molar-refractivity contribution in [3.63, 3.8) is 0 Å². The van der Waals surface area contributed by atoms with Crippen LogP contribution in [0, 0.1) is 0 Å². The van der Waals surface area contributed by atoms with E-state index in [-0.39, 0.29) is 6.79 Å². The normalized spacial score (nSPS) is 12.4. The molecule has 5 heteroatoms. The Hall–Kier alpha value is -3.44. The first-order valence-electron chi connectivity index (χ1n) is 10.7. The molecule has 0 radical (unpaired) electrons. The fraction of sp³-hybridized carbons (Fsp3) is 0.231. The van der Waals surface area contributed by atoms with E-state index in [1.165, 1.54) is 10.9 Å². The van der Waals surface area contributed by atoms with E-state index >= 15 is 0 Å². The molecular weight excluding hydrogens is 388 g/mol. The monoisotopic (exact) mass is 414 g/mol. The molecule has 3 N–H and O–H groups in total. The van der Waals surface area contributed by atoms with Crippen LogP contribution in [-0.4, -0.2) is 18.3 Å². The molecule has 0 saturated carbocycles. The second-order valence-corrected chi connectivity index (χ2v) is 7.77. The van der Waals surface area contributed by atoms with Gasteiger partial charge in [0.15, 0.2) is 11.5 Å². The second kappa shape index (κ2) is 8.74. The Bertz CT molecular complexity index is 1180. The molecule has 0 spiro atoms. The molecule has 31 heavy (non-hydrogen) atoms. The summed E-state index contributed by atoms with van der Waals surface area (Å²) in [5.41, 5.74) is 11.5. The van der Waals surface area contributed by atoms with Gasteiger partial charge in [0.2, 0.25) is 6.79 Å². The highest BCUT2D eigenvalue weighted by molar-refractivity contribution is 5.92. The number of aryl methyl sites for hydroxylation is 1. The highest BCUT2D eigenvalue weighted by Crippen LogP contribution is 2.39. The van der Waals surface area contributed by atoms with E-state index in [2.05, 4.69) is 35.3 Å². The molecule has 0 atom stereocenters. The van der Waals surface area contributed by atoms with E-state index in [1.54, 1.807) is 0 Å². The standard InChI is InChI=1S/C26H26N2O3/c27-13-5-4-8-21-22-15-20(29-16-18-6-2-1-3-7-18)10-11-23(22)28-26(21)19-9-12-24-25(14-19)31-17-30-24/h1-3,6-7,9-12,14-15,28H,4-5,8,13,16-17,27H2. The minimum atomic E-state index is 0.275. The molecule has 2 heterocycles. The number of benzene rings is 3. The average molecular weight is 415 g/mol. The summed E-state index contributed by atoms with van der Waals surface area (Å²) in [6, 6.07) is 22.6. The second-order valence-electron chi connectivity index (χ2n) is 7.77. The molecule has 0 aliphatic carbocycles. The Morgan fingerprint density at radius 1 is 0.903 bits per heavy atom. The Balaban J connectivity index is 1.49. The highest BCUT2D eigenvalue weighted by Gasteiger charge is 2.18. The van der Waals surface area contributed by atoms with Crippen molar-refractivity contribution in [1.82, 2.24) is 4.98 Å². The lowest BCUT2D eigenvalue weighted by molar-refractivity contribution is 0.174. The molecule has 4 aromatic rings. The van der Waals surface area contributed by atoms with E-state index in [9.17, 15) is 0 Å². The molecule has 0 unspecified atom stereocenters. The van der Waals surface area contributed by atoms with Gasteiger partial charge in [-0.15, -0.1) is 0 Å². The number of hydrogen-bond donors (Lipinski definition) is 2. The van der Waals surface area contributed by atoms with E-state index < -0.39 is 0 Å². The molecule has 5 rings (SSSR count). The molecule has 0 fully saturated rings. The summed E-state index contributed by atoms with van der Waals surface area (Å²) in [5.74, 6) is 2.45. The van der Waals surface area contributed by atoms with Gasteiger partial charge >= 0.3 is 0 Å². The summed E-state index contributed by atoms with van der Waals surface area (Å²) in [7, 11) is 0. The van der Waals surface area contributed by atoms with Crippen molar-refractivity contribution < 1.29 is 14.2 Å². The van der Waals surface area contributed by atoms with E-state index in [0.29, 0.717) is 13.2 Å². The minimum Gasteiger partial charge on any atom is -0.489 e. The van der Waals surface area contributed by atoms with Crippen LogP contribution in [0.3, 0.4) is 0 Å². The van der Waals surface area contributed by atoms with Gasteiger partial charge < -0.3 is 24.9 Å². The lowest BCUT2D eigenvalue weighted by Gasteiger charge is -2.08. The fourth-order valence-electron chi connectivity index (χ4n) is 4.06. The van der Waals surface area contributed by atoms with Gasteiger partial charge in [-0.05, 0) is 73.3 Å². The molecule has 1 aliphatic rings. The van der Waals surface area contributed by atoms with Gasteiger partial charge in [0, 0.05) is 22.2 Å². The van der Waals surface area contributed by atoms with Crippen LogP contribution >= 0.6 is 0 Å². The summed E-state index contributed by atoms with van der Waals surface area (Å²) in [6.07, 6.45) is 2.98. The number of nitrogens with two attached hydrogens (primary N) is 1. The van der Waals surface area contributed by atoms with Gasteiger partial charge in [0.1, 0.15) is 12.4 Å². The topological polar surface area (TPSA) is 69.5 Å². The van der Waals surface area contributed by atoms with E-state index in [1.807, 2.05) is 36.4 Å². The average Bonchev–Trinajstić information content (AvgIpc) is 3.42. The van der Waals surface area contributed by atoms with Crippen LogP contribution < -0.4 is 19.9 Å². The first-order chi connectivity index (χ1) is 15.3. The third-order valence-electron chi connectivity index (χ3n) is 5.67. The van der Waals surface area contributed by atoms with Crippen LogP contribution in [-0.2, 0) is 13.0 Å². The number of hydrogen-bond acceptors (Lipinski definition) is 4. The SMILES string of the molecule is NCCCCc1c(-c2ccc3c(c2)OCO3)[nH]c2ccc(OCc3ccccc3)cc12. The van der Waals surface area contributed by atoms with Crippen LogP contribution in [0.5, 0.6) is 17.2 Å². The van der Waals surface area contributed by atoms with Crippen molar-refractivity contribution in [2.45, 2.75) is 25.9 Å². The number of ether oxygens (including phenoxy) is 3. The lowest BCUT2D eigenvalue weighted by Crippen LogP contribution is -1.99. The molecule has 1 aliphatic heterocycles. The Kier molecular flexibility index (Phi) is 5.50. The quantitative estimate of drug-likeness (QED) is 0.378. The van der Waals surface area contributed by atoms with Crippen molar-refractivity contribution in [3.8, 4) is 28.5 Å². The van der Waals surface area contributed by atoms with Gasteiger partial charge in [-0.2, -0.15) is 0 Å². The van der Waals surface area contributed by atoms with Crippen LogP contribution in [0.1, 0.15) is 24.0 Å². The molecule has 1 aromatic heterocycles. The Morgan fingerprint density at radius 2 is 1.77 bits per heavy atom. The zero-order valence-corrected chi connectivity index (χ0v) is 17.4. The third kappa shape index (κ3) is 4.09. The van der Waals surface area contributed by atoms with Crippen LogP contribution in [0.4, 0.5) is 0 Å². The Morgan fingerprint density at radius 3 is 2.65 bits per heavy atom. The van der Waals surface area contributed by atoms with Crippen LogP contribution in [0.2, 0.25) is 0 Å². The third-order valence-corrected chi connectivity index (χ3v) is 5.67. The maximum atomic E-state index is 6.09. The summed E-state index contributed by atoms with van der Waals surface area (Å²) < 4.78 is 17.2. The smallest absolute Gasteiger partial charge is 0.231 e. The number of nitrogens with one attached hydrogen (secondary N) is 1. The molecular formula is C26H26N2O3. The number of unbranched alkanes of at least 4 members (excludes halogenated alkanes) is 1. The minimum absolute atomic E-state index is 0.275. The largest absolute Gasteiger partial charge is 0.489 e. The van der Waals surface area contributed by atoms with Crippen molar-refractivity contribution in [3.05, 3.63) is 77.9 Å². The number of rotatable bonds is 8. The van der Waals surface area contributed by atoms with Crippen molar-refractivity contribution in [1.29, 1.82) is 0 Å². The number of aromatic amines is 1. The molecule has 158 valence electrons. The lowest BCUT2D eigenvalue weighted by atomic mass is 10.00. The molecule has 0 bridgehead atoms. The van der Waals surface area contributed by atoms with E-state index in [0.717, 1.165) is 58.8 Å². The van der Waals surface area contributed by atoms with E-state index in [4.69, 9.17) is 19.9 Å². The number of fused-ring (bicyclic) bond motifs is 2.